The monoisotopic (exact) mass is 384 g/mol. The molecule has 4 rings (SSSR count). The molecule has 0 N–H and O–H groups in total. The molecule has 0 aliphatic carbocycles. The van der Waals surface area contributed by atoms with Crippen molar-refractivity contribution in [3.05, 3.63) is 54.0 Å². The van der Waals surface area contributed by atoms with E-state index in [4.69, 9.17) is 9.15 Å². The van der Waals surface area contributed by atoms with Crippen LogP contribution in [0.1, 0.15) is 46.7 Å². The van der Waals surface area contributed by atoms with Gasteiger partial charge in [0.05, 0.1) is 12.9 Å². The summed E-state index contributed by atoms with van der Waals surface area (Å²) in [6, 6.07) is 3.50. The summed E-state index contributed by atoms with van der Waals surface area (Å²) in [7, 11) is 3.58. The number of hydrogen-bond donors (Lipinski definition) is 0. The Kier molecular flexibility index (Phi) is 5.25. The van der Waals surface area contributed by atoms with Crippen LogP contribution >= 0.6 is 0 Å². The smallest absolute Gasteiger partial charge is 0.289 e. The van der Waals surface area contributed by atoms with Gasteiger partial charge in [-0.2, -0.15) is 0 Å². The van der Waals surface area contributed by atoms with Gasteiger partial charge in [0.25, 0.3) is 5.91 Å². The molecule has 1 amide bonds. The summed E-state index contributed by atoms with van der Waals surface area (Å²) in [5.41, 5.74) is 0. The maximum absolute atomic E-state index is 12.8. The van der Waals surface area contributed by atoms with E-state index < -0.39 is 0 Å². The molecule has 1 fully saturated rings. The van der Waals surface area contributed by atoms with E-state index in [1.165, 1.54) is 0 Å². The minimum absolute atomic E-state index is 0.0899. The molecule has 4 heterocycles. The third-order valence-corrected chi connectivity index (χ3v) is 5.11. The van der Waals surface area contributed by atoms with Crippen molar-refractivity contribution in [2.45, 2.75) is 31.9 Å². The second-order valence-electron chi connectivity index (χ2n) is 7.06. The standard InChI is InChI=1S/C19H24N6O3/c1-23-17(11-24-9-7-20-13-24)21-22-18(23)14-4-3-8-25(10-14)19(26)16-6-5-15(28-16)12-27-2/h5-7,9,13-14H,3-4,8,10-12H2,1-2H3/t14-/m0/s1. The molecule has 1 atom stereocenters. The fourth-order valence-corrected chi connectivity index (χ4v) is 3.65. The van der Waals surface area contributed by atoms with Crippen molar-refractivity contribution in [3.63, 3.8) is 0 Å². The van der Waals surface area contributed by atoms with E-state index >= 15 is 0 Å². The molecule has 9 nitrogen and oxygen atoms in total. The number of rotatable bonds is 6. The van der Waals surface area contributed by atoms with Crippen LogP contribution in [0.2, 0.25) is 0 Å². The average molecular weight is 384 g/mol. The number of aromatic nitrogens is 5. The van der Waals surface area contributed by atoms with Crippen molar-refractivity contribution in [1.29, 1.82) is 0 Å². The molecule has 0 spiro atoms. The molecule has 0 radical (unpaired) electrons. The lowest BCUT2D eigenvalue weighted by atomic mass is 9.97. The molecule has 1 saturated heterocycles. The zero-order valence-electron chi connectivity index (χ0n) is 16.1. The lowest BCUT2D eigenvalue weighted by Crippen LogP contribution is -2.39. The van der Waals surface area contributed by atoms with Crippen LogP contribution in [0.3, 0.4) is 0 Å². The second kappa shape index (κ2) is 7.97. The van der Waals surface area contributed by atoms with E-state index in [0.717, 1.165) is 31.0 Å². The predicted octanol–water partition coefficient (Wildman–Crippen LogP) is 1.82. The van der Waals surface area contributed by atoms with E-state index in [0.29, 0.717) is 31.2 Å². The number of nitrogens with zero attached hydrogens (tertiary/aromatic N) is 6. The molecule has 0 bridgehead atoms. The molecule has 28 heavy (non-hydrogen) atoms. The van der Waals surface area contributed by atoms with Gasteiger partial charge in [-0.3, -0.25) is 4.79 Å². The highest BCUT2D eigenvalue weighted by molar-refractivity contribution is 5.91. The first kappa shape index (κ1) is 18.4. The molecule has 0 aromatic carbocycles. The van der Waals surface area contributed by atoms with Crippen LogP contribution in [0.5, 0.6) is 0 Å². The number of methoxy groups -OCH3 is 1. The van der Waals surface area contributed by atoms with E-state index in [9.17, 15) is 4.79 Å². The topological polar surface area (TPSA) is 91.2 Å². The van der Waals surface area contributed by atoms with Crippen molar-refractivity contribution in [3.8, 4) is 0 Å². The Hall–Kier alpha value is -2.94. The Bertz CT molecular complexity index is 930. The number of amides is 1. The molecular formula is C19H24N6O3. The van der Waals surface area contributed by atoms with E-state index in [2.05, 4.69) is 15.2 Å². The highest BCUT2D eigenvalue weighted by Crippen LogP contribution is 2.27. The zero-order valence-corrected chi connectivity index (χ0v) is 16.1. The van der Waals surface area contributed by atoms with Gasteiger partial charge in [0.15, 0.2) is 11.6 Å². The van der Waals surface area contributed by atoms with Gasteiger partial charge in [-0.25, -0.2) is 4.98 Å². The number of ether oxygens (including phenoxy) is 1. The van der Waals surface area contributed by atoms with Crippen molar-refractivity contribution in [1.82, 2.24) is 29.2 Å². The van der Waals surface area contributed by atoms with Crippen molar-refractivity contribution in [2.24, 2.45) is 7.05 Å². The van der Waals surface area contributed by atoms with Gasteiger partial charge in [-0.1, -0.05) is 0 Å². The zero-order chi connectivity index (χ0) is 19.5. The summed E-state index contributed by atoms with van der Waals surface area (Å²) in [6.07, 6.45) is 7.31. The summed E-state index contributed by atoms with van der Waals surface area (Å²) in [5, 5.41) is 8.76. The van der Waals surface area contributed by atoms with Crippen molar-refractivity contribution in [2.75, 3.05) is 20.2 Å². The SMILES string of the molecule is COCc1ccc(C(=O)N2CCC[C@H](c3nnc(Cn4ccnc4)n3C)C2)o1. The molecule has 1 aliphatic heterocycles. The predicted molar refractivity (Wildman–Crippen MR) is 99.6 cm³/mol. The number of carbonyl (C=O) groups is 1. The van der Waals surface area contributed by atoms with Crippen LogP contribution in [0.15, 0.2) is 35.3 Å². The first-order valence-corrected chi connectivity index (χ1v) is 9.36. The molecular weight excluding hydrogens is 360 g/mol. The van der Waals surface area contributed by atoms with Gasteiger partial charge in [0, 0.05) is 45.6 Å². The molecule has 0 unspecified atom stereocenters. The van der Waals surface area contributed by atoms with E-state index in [1.54, 1.807) is 31.8 Å². The number of carbonyl (C=O) groups excluding carboxylic acids is 1. The Labute approximate surface area is 162 Å². The summed E-state index contributed by atoms with van der Waals surface area (Å²) < 4.78 is 14.6. The fourth-order valence-electron chi connectivity index (χ4n) is 3.65. The van der Waals surface area contributed by atoms with Crippen molar-refractivity contribution < 1.29 is 13.9 Å². The maximum atomic E-state index is 12.8. The highest BCUT2D eigenvalue weighted by atomic mass is 16.5. The van der Waals surface area contributed by atoms with Gasteiger partial charge >= 0.3 is 0 Å². The van der Waals surface area contributed by atoms with Gasteiger partial charge in [0.2, 0.25) is 0 Å². The first-order valence-electron chi connectivity index (χ1n) is 9.36. The van der Waals surface area contributed by atoms with Crippen LogP contribution in [-0.2, 0) is 24.9 Å². The number of furan rings is 1. The van der Waals surface area contributed by atoms with Crippen molar-refractivity contribution >= 4 is 5.91 Å². The van der Waals surface area contributed by atoms with Crippen LogP contribution in [-0.4, -0.2) is 55.3 Å². The molecule has 1 aliphatic rings. The molecule has 3 aromatic heterocycles. The largest absolute Gasteiger partial charge is 0.453 e. The maximum Gasteiger partial charge on any atom is 0.289 e. The molecule has 3 aromatic rings. The Morgan fingerprint density at radius 2 is 2.25 bits per heavy atom. The molecule has 0 saturated carbocycles. The van der Waals surface area contributed by atoms with Crippen LogP contribution in [0.4, 0.5) is 0 Å². The van der Waals surface area contributed by atoms with Gasteiger partial charge in [0.1, 0.15) is 18.2 Å². The van der Waals surface area contributed by atoms with Gasteiger partial charge in [-0.15, -0.1) is 10.2 Å². The van der Waals surface area contributed by atoms with E-state index in [1.807, 2.05) is 27.3 Å². The Balaban J connectivity index is 1.46. The summed E-state index contributed by atoms with van der Waals surface area (Å²) in [4.78, 5) is 18.7. The number of hydrogen-bond acceptors (Lipinski definition) is 6. The summed E-state index contributed by atoms with van der Waals surface area (Å²) >= 11 is 0. The highest BCUT2D eigenvalue weighted by Gasteiger charge is 2.30. The molecule has 9 heteroatoms. The fraction of sp³-hybridized carbons (Fsp3) is 0.474. The van der Waals surface area contributed by atoms with E-state index in [-0.39, 0.29) is 11.8 Å². The first-order chi connectivity index (χ1) is 13.7. The van der Waals surface area contributed by atoms with Crippen LogP contribution < -0.4 is 0 Å². The Morgan fingerprint density at radius 3 is 3.04 bits per heavy atom. The third kappa shape index (κ3) is 3.70. The summed E-state index contributed by atoms with van der Waals surface area (Å²) in [6.45, 7) is 2.30. The second-order valence-corrected chi connectivity index (χ2v) is 7.06. The molecule has 148 valence electrons. The lowest BCUT2D eigenvalue weighted by Gasteiger charge is -2.31. The minimum Gasteiger partial charge on any atom is -0.453 e. The third-order valence-electron chi connectivity index (χ3n) is 5.11. The Morgan fingerprint density at radius 1 is 1.36 bits per heavy atom. The van der Waals surface area contributed by atoms with Gasteiger partial charge < -0.3 is 23.2 Å². The number of likely N-dealkylation sites (tertiary alicyclic amines) is 1. The normalized spacial score (nSPS) is 17.2. The lowest BCUT2D eigenvalue weighted by molar-refractivity contribution is 0.0664. The average Bonchev–Trinajstić information content (AvgIpc) is 3.45. The van der Waals surface area contributed by atoms with Crippen LogP contribution in [0.25, 0.3) is 0 Å². The number of imidazole rings is 1. The number of piperidine rings is 1. The van der Waals surface area contributed by atoms with Crippen LogP contribution in [0, 0.1) is 0 Å². The minimum atomic E-state index is -0.0899. The quantitative estimate of drug-likeness (QED) is 0.644. The summed E-state index contributed by atoms with van der Waals surface area (Å²) in [5.74, 6) is 2.84. The van der Waals surface area contributed by atoms with Gasteiger partial charge in [-0.05, 0) is 25.0 Å².